The van der Waals surface area contributed by atoms with E-state index in [9.17, 15) is 15.0 Å². The highest BCUT2D eigenvalue weighted by Gasteiger charge is 2.20. The molecule has 0 fully saturated rings. The molecule has 6 heteroatoms. The number of aliphatic hydroxyl groups excluding tert-OH is 1. The van der Waals surface area contributed by atoms with E-state index in [2.05, 4.69) is 27.0 Å². The minimum absolute atomic E-state index is 0.00712. The number of hydrogen-bond acceptors (Lipinski definition) is 4. The number of nitrogens with one attached hydrogen (secondary N) is 1. The Morgan fingerprint density at radius 1 is 1.06 bits per heavy atom. The van der Waals surface area contributed by atoms with Gasteiger partial charge in [-0.05, 0) is 53.4 Å². The van der Waals surface area contributed by atoms with E-state index in [1.54, 1.807) is 24.7 Å². The Morgan fingerprint density at radius 3 is 2.45 bits per heavy atom. The fourth-order valence-corrected chi connectivity index (χ4v) is 4.03. The molecule has 0 spiro atoms. The smallest absolute Gasteiger partial charge is 0.335 e. The molecule has 3 N–H and O–H groups in total. The van der Waals surface area contributed by atoms with Crippen LogP contribution < -0.4 is 4.90 Å². The summed E-state index contributed by atoms with van der Waals surface area (Å²) in [7, 11) is 0. The van der Waals surface area contributed by atoms with Crippen LogP contribution in [0.3, 0.4) is 0 Å². The lowest BCUT2D eigenvalue weighted by atomic mass is 9.97. The molecule has 0 saturated carbocycles. The standard InChI is InChI=1S/C27H27N3O3/c1-19-7-10-22(27(32)33)13-26(19)21-11-8-20(9-12-21)16-30(24-5-3-2-4-6-24)25(17-31)14-23-15-28-18-29-23/h2-13,15,18,25,31H,14,16-17H2,1H3,(H,28,29)(H,32,33). The summed E-state index contributed by atoms with van der Waals surface area (Å²) in [5, 5.41) is 19.5. The van der Waals surface area contributed by atoms with Crippen molar-refractivity contribution in [2.24, 2.45) is 0 Å². The molecule has 1 unspecified atom stereocenters. The fraction of sp³-hybridized carbons (Fsp3) is 0.185. The predicted octanol–water partition coefficient (Wildman–Crippen LogP) is 4.69. The maximum Gasteiger partial charge on any atom is 0.335 e. The van der Waals surface area contributed by atoms with Gasteiger partial charge in [0, 0.05) is 30.5 Å². The third-order valence-corrected chi connectivity index (χ3v) is 5.85. The quantitative estimate of drug-likeness (QED) is 0.351. The molecule has 0 aliphatic rings. The monoisotopic (exact) mass is 441 g/mol. The molecule has 0 saturated heterocycles. The van der Waals surface area contributed by atoms with Gasteiger partial charge < -0.3 is 20.1 Å². The topological polar surface area (TPSA) is 89.4 Å². The van der Waals surface area contributed by atoms with Crippen LogP contribution in [0.25, 0.3) is 11.1 Å². The second-order valence-corrected chi connectivity index (χ2v) is 8.11. The van der Waals surface area contributed by atoms with Crippen LogP contribution in [0.2, 0.25) is 0 Å². The number of carbonyl (C=O) groups is 1. The highest BCUT2D eigenvalue weighted by Crippen LogP contribution is 2.27. The number of nitrogens with zero attached hydrogens (tertiary/aromatic N) is 2. The first-order valence-corrected chi connectivity index (χ1v) is 10.9. The number of H-pyrrole nitrogens is 1. The number of aromatic nitrogens is 2. The van der Waals surface area contributed by atoms with Crippen molar-refractivity contribution in [3.63, 3.8) is 0 Å². The average molecular weight is 442 g/mol. The Kier molecular flexibility index (Phi) is 6.86. The number of carboxylic acid groups (broad SMARTS) is 1. The van der Waals surface area contributed by atoms with E-state index in [0.717, 1.165) is 33.6 Å². The Hall–Kier alpha value is -3.90. The van der Waals surface area contributed by atoms with E-state index < -0.39 is 5.97 Å². The lowest BCUT2D eigenvalue weighted by molar-refractivity contribution is 0.0697. The van der Waals surface area contributed by atoms with E-state index in [4.69, 9.17) is 0 Å². The number of aromatic amines is 1. The van der Waals surface area contributed by atoms with E-state index >= 15 is 0 Å². The zero-order chi connectivity index (χ0) is 23.2. The third-order valence-electron chi connectivity index (χ3n) is 5.85. The number of aromatic carboxylic acids is 1. The molecule has 4 rings (SSSR count). The van der Waals surface area contributed by atoms with E-state index in [1.165, 1.54) is 0 Å². The molecule has 4 aromatic rings. The van der Waals surface area contributed by atoms with Crippen LogP contribution in [-0.2, 0) is 13.0 Å². The minimum atomic E-state index is -0.932. The van der Waals surface area contributed by atoms with Gasteiger partial charge in [0.1, 0.15) is 0 Å². The number of hydrogen-bond donors (Lipinski definition) is 3. The van der Waals surface area contributed by atoms with E-state index in [0.29, 0.717) is 13.0 Å². The summed E-state index contributed by atoms with van der Waals surface area (Å²) in [4.78, 5) is 20.8. The molecule has 1 heterocycles. The summed E-state index contributed by atoms with van der Waals surface area (Å²) in [5.41, 5.74) is 6.29. The van der Waals surface area contributed by atoms with E-state index in [1.807, 2.05) is 55.5 Å². The van der Waals surface area contributed by atoms with Crippen LogP contribution in [0.4, 0.5) is 5.69 Å². The maximum absolute atomic E-state index is 11.4. The SMILES string of the molecule is Cc1ccc(C(=O)O)cc1-c1ccc(CN(c2ccccc2)C(CO)Cc2cnc[nH]2)cc1. The summed E-state index contributed by atoms with van der Waals surface area (Å²) in [6, 6.07) is 23.3. The molecule has 0 aliphatic carbocycles. The van der Waals surface area contributed by atoms with Crippen LogP contribution in [0.1, 0.15) is 27.2 Å². The molecule has 1 atom stereocenters. The number of imidazole rings is 1. The first-order valence-electron chi connectivity index (χ1n) is 10.9. The van der Waals surface area contributed by atoms with Crippen LogP contribution >= 0.6 is 0 Å². The Bertz CT molecular complexity index is 1190. The zero-order valence-corrected chi connectivity index (χ0v) is 18.5. The predicted molar refractivity (Wildman–Crippen MR) is 129 cm³/mol. The minimum Gasteiger partial charge on any atom is -0.478 e. The highest BCUT2D eigenvalue weighted by atomic mass is 16.4. The summed E-state index contributed by atoms with van der Waals surface area (Å²) in [5.74, 6) is -0.932. The number of carboxylic acids is 1. The molecular formula is C27H27N3O3. The van der Waals surface area contributed by atoms with Crippen LogP contribution in [0, 0.1) is 6.92 Å². The largest absolute Gasteiger partial charge is 0.478 e. The maximum atomic E-state index is 11.4. The fourth-order valence-electron chi connectivity index (χ4n) is 4.03. The van der Waals surface area contributed by atoms with Crippen LogP contribution in [0.15, 0.2) is 85.3 Å². The van der Waals surface area contributed by atoms with Crippen molar-refractivity contribution in [3.8, 4) is 11.1 Å². The van der Waals surface area contributed by atoms with Crippen molar-refractivity contribution in [2.75, 3.05) is 11.5 Å². The van der Waals surface area contributed by atoms with Crippen molar-refractivity contribution in [1.29, 1.82) is 0 Å². The van der Waals surface area contributed by atoms with Crippen molar-refractivity contribution < 1.29 is 15.0 Å². The number of rotatable bonds is 9. The van der Waals surface area contributed by atoms with Crippen molar-refractivity contribution in [3.05, 3.63) is 108 Å². The average Bonchev–Trinajstić information content (AvgIpc) is 3.36. The molecule has 0 bridgehead atoms. The van der Waals surface area contributed by atoms with Gasteiger partial charge in [-0.25, -0.2) is 9.78 Å². The van der Waals surface area contributed by atoms with Gasteiger partial charge in [0.15, 0.2) is 0 Å². The number of aliphatic hydroxyl groups is 1. The van der Waals surface area contributed by atoms with Crippen molar-refractivity contribution >= 4 is 11.7 Å². The van der Waals surface area contributed by atoms with E-state index in [-0.39, 0.29) is 18.2 Å². The number of para-hydroxylation sites is 1. The molecule has 1 aromatic heterocycles. The molecule has 3 aromatic carbocycles. The molecule has 33 heavy (non-hydrogen) atoms. The van der Waals surface area contributed by atoms with Gasteiger partial charge in [-0.15, -0.1) is 0 Å². The lowest BCUT2D eigenvalue weighted by Crippen LogP contribution is -2.39. The molecule has 0 aliphatic heterocycles. The number of benzene rings is 3. The van der Waals surface area contributed by atoms with Crippen LogP contribution in [-0.4, -0.2) is 38.8 Å². The van der Waals surface area contributed by atoms with Gasteiger partial charge in [0.2, 0.25) is 0 Å². The summed E-state index contributed by atoms with van der Waals surface area (Å²) >= 11 is 0. The molecule has 0 amide bonds. The van der Waals surface area contributed by atoms with Crippen molar-refractivity contribution in [1.82, 2.24) is 9.97 Å². The van der Waals surface area contributed by atoms with Gasteiger partial charge in [0.05, 0.1) is 24.5 Å². The normalized spacial score (nSPS) is 11.8. The van der Waals surface area contributed by atoms with Gasteiger partial charge in [-0.2, -0.15) is 0 Å². The Labute approximate surface area is 193 Å². The van der Waals surface area contributed by atoms with Gasteiger partial charge >= 0.3 is 5.97 Å². The summed E-state index contributed by atoms with van der Waals surface area (Å²) in [6.45, 7) is 2.61. The second-order valence-electron chi connectivity index (χ2n) is 8.11. The molecule has 6 nitrogen and oxygen atoms in total. The van der Waals surface area contributed by atoms with Gasteiger partial charge in [-0.1, -0.05) is 48.5 Å². The van der Waals surface area contributed by atoms with Gasteiger partial charge in [0.25, 0.3) is 0 Å². The first kappa shape index (κ1) is 22.3. The molecular weight excluding hydrogens is 414 g/mol. The number of anilines is 1. The van der Waals surface area contributed by atoms with Crippen LogP contribution in [0.5, 0.6) is 0 Å². The Balaban J connectivity index is 1.60. The molecule has 168 valence electrons. The Morgan fingerprint density at radius 2 is 1.82 bits per heavy atom. The summed E-state index contributed by atoms with van der Waals surface area (Å²) < 4.78 is 0. The second kappa shape index (κ2) is 10.1. The van der Waals surface area contributed by atoms with Crippen molar-refractivity contribution in [2.45, 2.75) is 25.9 Å². The third kappa shape index (κ3) is 5.30. The zero-order valence-electron chi connectivity index (χ0n) is 18.5. The number of aryl methyl sites for hydroxylation is 1. The first-order chi connectivity index (χ1) is 16.0. The summed E-state index contributed by atoms with van der Waals surface area (Å²) in [6.07, 6.45) is 4.08. The lowest BCUT2D eigenvalue weighted by Gasteiger charge is -2.33. The highest BCUT2D eigenvalue weighted by molar-refractivity contribution is 5.90. The van der Waals surface area contributed by atoms with Gasteiger partial charge in [-0.3, -0.25) is 0 Å². The molecule has 0 radical (unpaired) electrons.